The zero-order chi connectivity index (χ0) is 96.9. The van der Waals surface area contributed by atoms with Gasteiger partial charge in [0.2, 0.25) is 0 Å². The number of benzene rings is 24. The molecule has 30 aromatic rings. The highest BCUT2D eigenvalue weighted by Crippen LogP contribution is 2.48. The van der Waals surface area contributed by atoms with E-state index in [1.54, 1.807) is 0 Å². The van der Waals surface area contributed by atoms with Gasteiger partial charge in [0.25, 0.3) is 0 Å². The van der Waals surface area contributed by atoms with Crippen LogP contribution >= 0.6 is 0 Å². The third kappa shape index (κ3) is 14.9. The predicted molar refractivity (Wildman–Crippen MR) is 609 cm³/mol. The molecule has 0 amide bonds. The lowest BCUT2D eigenvalue weighted by Gasteiger charge is -2.15. The molecule has 6 aromatic heterocycles. The van der Waals surface area contributed by atoms with E-state index in [0.29, 0.717) is 52.4 Å². The first-order valence-corrected chi connectivity index (χ1v) is 49.6. The Kier molecular flexibility index (Phi) is 20.6. The van der Waals surface area contributed by atoms with E-state index in [2.05, 4.69) is 414 Å². The SMILES string of the molecule is c1ccc(-c2nc(-c3ccc(-n4c5ccc6ccccc6c5c5c6ccccc6ccc54)cc3)nc(-c3ccc4ccccc4c3)n2)cc1.c1ccc(-c2nc(-c3cccc(-n4c5ccc6ccccc6c5c5c6ccccc6ccc54)c3)nc(-c3cccc4ccccc34)n2)cc1.c1ccc(-c2nc(-c3ccccc3)nc(-c3ccc(-n4c5ccc6ccccc6c5c5c6ccccc6ccc54)c4ccccc34)n2)cc1. The van der Waals surface area contributed by atoms with Crippen LogP contribution in [0.1, 0.15) is 0 Å². The van der Waals surface area contributed by atoms with Gasteiger partial charge in [-0.2, -0.15) is 0 Å². The molecule has 0 bridgehead atoms. The van der Waals surface area contributed by atoms with Crippen molar-refractivity contribution in [2.24, 2.45) is 0 Å². The van der Waals surface area contributed by atoms with E-state index in [4.69, 9.17) is 44.9 Å². The lowest BCUT2D eigenvalue weighted by atomic mass is 10.00. The normalized spacial score (nSPS) is 11.7. The van der Waals surface area contributed by atoms with Crippen molar-refractivity contribution in [2.45, 2.75) is 0 Å². The van der Waals surface area contributed by atoms with Crippen LogP contribution in [0.2, 0.25) is 0 Å². The molecule has 30 rings (SSSR count). The maximum absolute atomic E-state index is 5.15. The van der Waals surface area contributed by atoms with Crippen LogP contribution in [0.4, 0.5) is 0 Å². The third-order valence-electron chi connectivity index (χ3n) is 28.8. The summed E-state index contributed by atoms with van der Waals surface area (Å²) in [4.78, 5) is 45.3. The Morgan fingerprint density at radius 3 is 0.748 bits per heavy atom. The van der Waals surface area contributed by atoms with Crippen LogP contribution in [0.15, 0.2) is 510 Å². The minimum absolute atomic E-state index is 0.635. The Morgan fingerprint density at radius 2 is 0.367 bits per heavy atom. The monoisotopic (exact) mass is 1870 g/mol. The molecule has 0 fully saturated rings. The highest BCUT2D eigenvalue weighted by atomic mass is 15.1. The maximum Gasteiger partial charge on any atom is 0.164 e. The molecule has 6 heterocycles. The molecular weight excluding hydrogens is 1790 g/mol. The van der Waals surface area contributed by atoms with Crippen LogP contribution in [-0.2, 0) is 0 Å². The fourth-order valence-electron chi connectivity index (χ4n) is 22.0. The van der Waals surface area contributed by atoms with E-state index in [1.807, 2.05) is 109 Å². The number of hydrogen-bond acceptors (Lipinski definition) is 9. The number of hydrogen-bond donors (Lipinski definition) is 0. The summed E-state index contributed by atoms with van der Waals surface area (Å²) in [7, 11) is 0. The van der Waals surface area contributed by atoms with Crippen LogP contribution in [0, 0.1) is 0 Å². The van der Waals surface area contributed by atoms with Crippen LogP contribution in [0.3, 0.4) is 0 Å². The van der Waals surface area contributed by atoms with E-state index in [9.17, 15) is 0 Å². The molecule has 24 aromatic carbocycles. The topological polar surface area (TPSA) is 131 Å². The fraction of sp³-hybridized carbons (Fsp3) is 0. The van der Waals surface area contributed by atoms with E-state index in [-0.39, 0.29) is 0 Å². The lowest BCUT2D eigenvalue weighted by Crippen LogP contribution is -2.01. The van der Waals surface area contributed by atoms with Gasteiger partial charge >= 0.3 is 0 Å². The Labute approximate surface area is 844 Å². The van der Waals surface area contributed by atoms with Gasteiger partial charge in [-0.25, -0.2) is 44.9 Å². The summed E-state index contributed by atoms with van der Waals surface area (Å²) >= 11 is 0. The predicted octanol–water partition coefficient (Wildman–Crippen LogP) is 34.3. The first-order chi connectivity index (χ1) is 72.9. The molecule has 12 nitrogen and oxygen atoms in total. The summed E-state index contributed by atoms with van der Waals surface area (Å²) in [6, 6.07) is 179. The number of rotatable bonds is 12. The molecular formula is C135H84N12. The summed E-state index contributed by atoms with van der Waals surface area (Å²) in [6.45, 7) is 0. The standard InChI is InChI=1S/3C45H28N4/c1-3-15-31(16-4-1)43-46-44(32-17-5-2-6-18-32)48-45(47-43)37-25-28-38(36-22-12-11-21-35(36)37)49-39-26-23-29-13-7-9-19-33(29)41(39)42-34-20-10-8-14-30(34)24-27-40(42)49;1-2-15-32(16-3-1)43-46-44(48-45(47-43)38-23-11-17-29-12-4-7-20-35(29)38)33-18-10-19-34(28-33)49-39-26-24-30-13-5-8-21-36(30)41(39)42-37-22-9-6-14-31(37)25-27-40(42)49;1-2-13-32(14-3-1)43-46-44(48-45(47-43)35-19-18-29-10-4-5-15-34(29)28-35)33-20-24-36(25-21-33)49-39-26-22-30-11-6-8-16-37(30)41(39)42-38-17-9-7-12-31(38)23-27-40(42)49/h3*1-28H. The molecule has 0 saturated carbocycles. The Balaban J connectivity index is 0.000000107. The highest BCUT2D eigenvalue weighted by Gasteiger charge is 2.27. The van der Waals surface area contributed by atoms with Gasteiger partial charge in [0.1, 0.15) is 0 Å². The van der Waals surface area contributed by atoms with E-state index in [1.165, 1.54) is 135 Å². The average Bonchev–Trinajstić information content (AvgIpc) is 1.56. The van der Waals surface area contributed by atoms with Crippen molar-refractivity contribution < 1.29 is 0 Å². The molecule has 0 saturated heterocycles. The summed E-state index contributed by atoms with van der Waals surface area (Å²) in [5, 5.41) is 29.4. The van der Waals surface area contributed by atoms with Gasteiger partial charge in [-0.1, -0.05) is 419 Å². The fourth-order valence-corrected chi connectivity index (χ4v) is 22.0. The number of aromatic nitrogens is 12. The second-order valence-electron chi connectivity index (χ2n) is 37.3. The minimum Gasteiger partial charge on any atom is -0.309 e. The molecule has 684 valence electrons. The van der Waals surface area contributed by atoms with E-state index in [0.717, 1.165) is 94.1 Å². The summed E-state index contributed by atoms with van der Waals surface area (Å²) in [5.74, 6) is 5.83. The number of nitrogens with zero attached hydrogens (tertiary/aromatic N) is 12. The van der Waals surface area contributed by atoms with Gasteiger partial charge in [-0.3, -0.25) is 0 Å². The van der Waals surface area contributed by atoms with E-state index < -0.39 is 0 Å². The molecule has 0 aliphatic carbocycles. The molecule has 0 aliphatic rings. The van der Waals surface area contributed by atoms with Crippen molar-refractivity contribution >= 4 is 162 Å². The zero-order valence-corrected chi connectivity index (χ0v) is 79.4. The minimum atomic E-state index is 0.635. The first-order valence-electron chi connectivity index (χ1n) is 49.6. The van der Waals surface area contributed by atoms with Crippen molar-refractivity contribution in [3.63, 3.8) is 0 Å². The number of fused-ring (bicyclic) bond motifs is 24. The van der Waals surface area contributed by atoms with Gasteiger partial charge in [0.15, 0.2) is 52.4 Å². The Morgan fingerprint density at radius 1 is 0.122 bits per heavy atom. The molecule has 0 unspecified atom stereocenters. The van der Waals surface area contributed by atoms with Gasteiger partial charge in [-0.05, 0) is 183 Å². The van der Waals surface area contributed by atoms with Gasteiger partial charge in [0.05, 0.1) is 38.8 Å². The quantitative estimate of drug-likeness (QED) is 0.117. The van der Waals surface area contributed by atoms with Crippen molar-refractivity contribution in [1.82, 2.24) is 58.6 Å². The molecule has 0 spiro atoms. The van der Waals surface area contributed by atoms with Crippen molar-refractivity contribution in [3.05, 3.63) is 510 Å². The largest absolute Gasteiger partial charge is 0.309 e. The van der Waals surface area contributed by atoms with Crippen molar-refractivity contribution in [2.75, 3.05) is 0 Å². The molecule has 12 heteroatoms. The molecule has 0 N–H and O–H groups in total. The van der Waals surface area contributed by atoms with Gasteiger partial charge in [-0.15, -0.1) is 0 Å². The van der Waals surface area contributed by atoms with E-state index >= 15 is 0 Å². The van der Waals surface area contributed by atoms with Gasteiger partial charge in [0, 0.05) is 99.1 Å². The van der Waals surface area contributed by atoms with Crippen molar-refractivity contribution in [1.29, 1.82) is 0 Å². The second kappa shape index (κ2) is 35.7. The highest BCUT2D eigenvalue weighted by molar-refractivity contribution is 6.32. The summed E-state index contributed by atoms with van der Waals surface area (Å²) in [5.41, 5.74) is 18.9. The third-order valence-corrected chi connectivity index (χ3v) is 28.8. The summed E-state index contributed by atoms with van der Waals surface area (Å²) in [6.07, 6.45) is 0. The zero-order valence-electron chi connectivity index (χ0n) is 79.4. The average molecular weight is 1870 g/mol. The summed E-state index contributed by atoms with van der Waals surface area (Å²) < 4.78 is 7.21. The van der Waals surface area contributed by atoms with Crippen molar-refractivity contribution in [3.8, 4) is 120 Å². The Bertz CT molecular complexity index is 10200. The smallest absolute Gasteiger partial charge is 0.164 e. The second-order valence-corrected chi connectivity index (χ2v) is 37.3. The lowest BCUT2D eigenvalue weighted by molar-refractivity contribution is 1.07. The van der Waals surface area contributed by atoms with Crippen LogP contribution in [0.25, 0.3) is 282 Å². The molecule has 0 aliphatic heterocycles. The molecule has 0 radical (unpaired) electrons. The Hall–Kier alpha value is -20.0. The molecule has 147 heavy (non-hydrogen) atoms. The van der Waals surface area contributed by atoms with Crippen LogP contribution in [-0.4, -0.2) is 58.6 Å². The van der Waals surface area contributed by atoms with Gasteiger partial charge < -0.3 is 13.7 Å². The van der Waals surface area contributed by atoms with Crippen LogP contribution < -0.4 is 0 Å². The maximum atomic E-state index is 5.15. The first kappa shape index (κ1) is 85.1. The molecule has 0 atom stereocenters. The van der Waals surface area contributed by atoms with Crippen LogP contribution in [0.5, 0.6) is 0 Å².